The molecule has 1 atom stereocenters. The third-order valence-corrected chi connectivity index (χ3v) is 3.72. The summed E-state index contributed by atoms with van der Waals surface area (Å²) >= 11 is 3.44. The quantitative estimate of drug-likeness (QED) is 0.884. The van der Waals surface area contributed by atoms with E-state index in [1.807, 2.05) is 5.51 Å². The minimum Gasteiger partial charge on any atom is -0.305 e. The maximum absolute atomic E-state index is 4.38. The van der Waals surface area contributed by atoms with E-state index in [9.17, 15) is 0 Å². The molecular formula is C11H14N2S2. The largest absolute Gasteiger partial charge is 0.305 e. The average Bonchev–Trinajstić information content (AvgIpc) is 2.85. The third-order valence-electron chi connectivity index (χ3n) is 2.24. The molecule has 0 spiro atoms. The van der Waals surface area contributed by atoms with Crippen LogP contribution in [0.4, 0.5) is 0 Å². The molecule has 0 aromatic carbocycles. The first-order valence-electron chi connectivity index (χ1n) is 4.97. The number of rotatable bonds is 4. The zero-order valence-electron chi connectivity index (χ0n) is 8.86. The molecule has 0 fully saturated rings. The predicted molar refractivity (Wildman–Crippen MR) is 66.7 cm³/mol. The van der Waals surface area contributed by atoms with E-state index in [-0.39, 0.29) is 6.04 Å². The SMILES string of the molecule is CCNC(c1csc(C)c1)c1cscn1. The van der Waals surface area contributed by atoms with Crippen LogP contribution in [0.3, 0.4) is 0 Å². The topological polar surface area (TPSA) is 24.9 Å². The highest BCUT2D eigenvalue weighted by molar-refractivity contribution is 7.10. The molecule has 80 valence electrons. The number of hydrogen-bond donors (Lipinski definition) is 1. The minimum absolute atomic E-state index is 0.256. The van der Waals surface area contributed by atoms with E-state index in [2.05, 4.69) is 41.0 Å². The van der Waals surface area contributed by atoms with Crippen molar-refractivity contribution in [3.05, 3.63) is 38.5 Å². The molecule has 0 saturated carbocycles. The van der Waals surface area contributed by atoms with Crippen LogP contribution in [0, 0.1) is 6.92 Å². The molecule has 0 saturated heterocycles. The van der Waals surface area contributed by atoms with Crippen LogP contribution in [0.1, 0.15) is 29.1 Å². The first-order chi connectivity index (χ1) is 7.31. The minimum atomic E-state index is 0.256. The van der Waals surface area contributed by atoms with E-state index in [1.165, 1.54) is 10.4 Å². The maximum Gasteiger partial charge on any atom is 0.0795 e. The summed E-state index contributed by atoms with van der Waals surface area (Å²) in [5, 5.41) is 7.79. The van der Waals surface area contributed by atoms with Crippen LogP contribution < -0.4 is 5.32 Å². The second-order valence-electron chi connectivity index (χ2n) is 3.39. The highest BCUT2D eigenvalue weighted by Gasteiger charge is 2.15. The fourth-order valence-electron chi connectivity index (χ4n) is 1.58. The fourth-order valence-corrected chi connectivity index (χ4v) is 2.89. The molecule has 2 nitrogen and oxygen atoms in total. The summed E-state index contributed by atoms with van der Waals surface area (Å²) in [4.78, 5) is 5.73. The monoisotopic (exact) mass is 238 g/mol. The highest BCUT2D eigenvalue weighted by Crippen LogP contribution is 2.25. The Labute approximate surface area is 98.0 Å². The number of hydrogen-bond acceptors (Lipinski definition) is 4. The molecule has 15 heavy (non-hydrogen) atoms. The van der Waals surface area contributed by atoms with Crippen molar-refractivity contribution in [2.24, 2.45) is 0 Å². The Morgan fingerprint density at radius 1 is 1.47 bits per heavy atom. The van der Waals surface area contributed by atoms with Gasteiger partial charge in [0.25, 0.3) is 0 Å². The van der Waals surface area contributed by atoms with Crippen LogP contribution in [0.25, 0.3) is 0 Å². The van der Waals surface area contributed by atoms with E-state index in [0.29, 0.717) is 0 Å². The smallest absolute Gasteiger partial charge is 0.0795 e. The van der Waals surface area contributed by atoms with Gasteiger partial charge in [-0.15, -0.1) is 22.7 Å². The van der Waals surface area contributed by atoms with Crippen molar-refractivity contribution in [2.75, 3.05) is 6.54 Å². The second kappa shape index (κ2) is 4.88. The van der Waals surface area contributed by atoms with Gasteiger partial charge in [0.05, 0.1) is 17.2 Å². The van der Waals surface area contributed by atoms with Gasteiger partial charge in [-0.05, 0) is 30.5 Å². The average molecular weight is 238 g/mol. The van der Waals surface area contributed by atoms with Crippen LogP contribution in [0.2, 0.25) is 0 Å². The fraction of sp³-hybridized carbons (Fsp3) is 0.364. The predicted octanol–water partition coefficient (Wildman–Crippen LogP) is 3.21. The second-order valence-corrected chi connectivity index (χ2v) is 5.23. The number of aromatic nitrogens is 1. The van der Waals surface area contributed by atoms with Gasteiger partial charge in [-0.1, -0.05) is 6.92 Å². The molecule has 1 unspecified atom stereocenters. The molecule has 0 aliphatic carbocycles. The summed E-state index contributed by atoms with van der Waals surface area (Å²) in [5.41, 5.74) is 4.34. The summed E-state index contributed by atoms with van der Waals surface area (Å²) < 4.78 is 0. The highest BCUT2D eigenvalue weighted by atomic mass is 32.1. The molecule has 0 radical (unpaired) electrons. The van der Waals surface area contributed by atoms with Crippen molar-refractivity contribution < 1.29 is 0 Å². The van der Waals surface area contributed by atoms with Gasteiger partial charge in [-0.2, -0.15) is 0 Å². The molecule has 2 aromatic rings. The molecular weight excluding hydrogens is 224 g/mol. The van der Waals surface area contributed by atoms with E-state index < -0.39 is 0 Å². The number of thiazole rings is 1. The molecule has 1 N–H and O–H groups in total. The van der Waals surface area contributed by atoms with Crippen molar-refractivity contribution in [1.29, 1.82) is 0 Å². The van der Waals surface area contributed by atoms with Crippen LogP contribution in [0.5, 0.6) is 0 Å². The molecule has 0 amide bonds. The van der Waals surface area contributed by atoms with Crippen LogP contribution in [-0.2, 0) is 0 Å². The van der Waals surface area contributed by atoms with Gasteiger partial charge < -0.3 is 5.32 Å². The lowest BCUT2D eigenvalue weighted by atomic mass is 10.1. The molecule has 2 aromatic heterocycles. The van der Waals surface area contributed by atoms with Crippen molar-refractivity contribution in [3.63, 3.8) is 0 Å². The van der Waals surface area contributed by atoms with Gasteiger partial charge in [-0.3, -0.25) is 0 Å². The van der Waals surface area contributed by atoms with Crippen LogP contribution in [0.15, 0.2) is 22.3 Å². The van der Waals surface area contributed by atoms with Crippen molar-refractivity contribution in [3.8, 4) is 0 Å². The Bertz CT molecular complexity index is 406. The molecule has 2 rings (SSSR count). The summed E-state index contributed by atoms with van der Waals surface area (Å²) in [6.07, 6.45) is 0. The normalized spacial score (nSPS) is 12.9. The summed E-state index contributed by atoms with van der Waals surface area (Å²) in [6.45, 7) is 5.22. The third kappa shape index (κ3) is 2.45. The Balaban J connectivity index is 2.27. The van der Waals surface area contributed by atoms with Gasteiger partial charge in [0, 0.05) is 10.3 Å². The zero-order valence-corrected chi connectivity index (χ0v) is 10.5. The first kappa shape index (κ1) is 10.8. The summed E-state index contributed by atoms with van der Waals surface area (Å²) in [5.74, 6) is 0. The van der Waals surface area contributed by atoms with Crippen molar-refractivity contribution in [2.45, 2.75) is 19.9 Å². The summed E-state index contributed by atoms with van der Waals surface area (Å²) in [7, 11) is 0. The van der Waals surface area contributed by atoms with Gasteiger partial charge >= 0.3 is 0 Å². The molecule has 4 heteroatoms. The van der Waals surface area contributed by atoms with E-state index in [1.54, 1.807) is 22.7 Å². The lowest BCUT2D eigenvalue weighted by Gasteiger charge is -2.14. The number of nitrogens with one attached hydrogen (secondary N) is 1. The zero-order chi connectivity index (χ0) is 10.7. The molecule has 2 heterocycles. The lowest BCUT2D eigenvalue weighted by molar-refractivity contribution is 0.620. The van der Waals surface area contributed by atoms with Gasteiger partial charge in [0.2, 0.25) is 0 Å². The first-order valence-corrected chi connectivity index (χ1v) is 6.80. The Kier molecular flexibility index (Phi) is 3.51. The van der Waals surface area contributed by atoms with E-state index in [4.69, 9.17) is 0 Å². The maximum atomic E-state index is 4.38. The Hall–Kier alpha value is -0.710. The van der Waals surface area contributed by atoms with Crippen LogP contribution >= 0.6 is 22.7 Å². The van der Waals surface area contributed by atoms with E-state index in [0.717, 1.165) is 12.2 Å². The van der Waals surface area contributed by atoms with Crippen molar-refractivity contribution >= 4 is 22.7 Å². The van der Waals surface area contributed by atoms with Gasteiger partial charge in [0.1, 0.15) is 0 Å². The van der Waals surface area contributed by atoms with E-state index >= 15 is 0 Å². The number of nitrogens with zero attached hydrogens (tertiary/aromatic N) is 1. The van der Waals surface area contributed by atoms with Gasteiger partial charge in [0.15, 0.2) is 0 Å². The van der Waals surface area contributed by atoms with Crippen molar-refractivity contribution in [1.82, 2.24) is 10.3 Å². The molecule has 0 aliphatic heterocycles. The number of thiophene rings is 1. The van der Waals surface area contributed by atoms with Gasteiger partial charge in [-0.25, -0.2) is 4.98 Å². The van der Waals surface area contributed by atoms with Crippen LogP contribution in [-0.4, -0.2) is 11.5 Å². The number of aryl methyl sites for hydroxylation is 1. The Morgan fingerprint density at radius 2 is 2.33 bits per heavy atom. The lowest BCUT2D eigenvalue weighted by Crippen LogP contribution is -2.21. The Morgan fingerprint density at radius 3 is 2.87 bits per heavy atom. The summed E-state index contributed by atoms with van der Waals surface area (Å²) in [6, 6.07) is 2.49. The standard InChI is InChI=1S/C11H14N2S2/c1-3-12-11(10-6-14-7-13-10)9-4-8(2)15-5-9/h4-7,11-12H,3H2,1-2H3. The molecule has 0 aliphatic rings. The molecule has 0 bridgehead atoms.